The van der Waals surface area contributed by atoms with Gasteiger partial charge in [0.15, 0.2) is 0 Å². The number of amides is 1. The van der Waals surface area contributed by atoms with E-state index < -0.39 is 0 Å². The van der Waals surface area contributed by atoms with Crippen LogP contribution >= 0.6 is 0 Å². The monoisotopic (exact) mass is 414 g/mol. The first-order chi connectivity index (χ1) is 14.9. The van der Waals surface area contributed by atoms with Crippen LogP contribution < -0.4 is 10.9 Å². The highest BCUT2D eigenvalue weighted by Crippen LogP contribution is 2.30. The molecule has 1 amide bonds. The Morgan fingerprint density at radius 3 is 2.65 bits per heavy atom. The van der Waals surface area contributed by atoms with Crippen molar-refractivity contribution < 1.29 is 4.79 Å². The zero-order valence-electron chi connectivity index (χ0n) is 17.6. The second-order valence-corrected chi connectivity index (χ2v) is 8.11. The number of H-pyrrole nitrogens is 1. The van der Waals surface area contributed by atoms with Crippen molar-refractivity contribution in [2.24, 2.45) is 7.05 Å². The van der Waals surface area contributed by atoms with Gasteiger partial charge in [-0.3, -0.25) is 14.7 Å². The summed E-state index contributed by atoms with van der Waals surface area (Å²) in [5.74, 6) is -0.107. The van der Waals surface area contributed by atoms with Crippen LogP contribution in [0.1, 0.15) is 34.5 Å². The molecule has 5 rings (SSSR count). The van der Waals surface area contributed by atoms with Gasteiger partial charge in [-0.05, 0) is 56.0 Å². The first-order valence-corrected chi connectivity index (χ1v) is 10.2. The number of rotatable bonds is 4. The van der Waals surface area contributed by atoms with E-state index in [4.69, 9.17) is 0 Å². The molecule has 1 aromatic carbocycles. The Labute approximate surface area is 178 Å². The van der Waals surface area contributed by atoms with E-state index in [1.54, 1.807) is 36.1 Å². The molecular formula is C23H22N6O2. The van der Waals surface area contributed by atoms with Gasteiger partial charge in [-0.25, -0.2) is 0 Å². The number of aromatic nitrogens is 5. The Morgan fingerprint density at radius 1 is 1.13 bits per heavy atom. The first kappa shape index (κ1) is 19.2. The van der Waals surface area contributed by atoms with Crippen LogP contribution in [0.4, 0.5) is 0 Å². The molecule has 3 aromatic heterocycles. The number of carbonyl (C=O) groups excluding carboxylic acids is 1. The molecule has 0 saturated heterocycles. The van der Waals surface area contributed by atoms with Crippen molar-refractivity contribution in [3.8, 4) is 22.4 Å². The molecule has 0 atom stereocenters. The molecule has 0 spiro atoms. The van der Waals surface area contributed by atoms with Gasteiger partial charge in [-0.1, -0.05) is 6.07 Å². The summed E-state index contributed by atoms with van der Waals surface area (Å²) in [4.78, 5) is 25.9. The van der Waals surface area contributed by atoms with E-state index in [2.05, 4.69) is 25.7 Å². The van der Waals surface area contributed by atoms with Crippen molar-refractivity contribution in [1.82, 2.24) is 30.3 Å². The van der Waals surface area contributed by atoms with Crippen LogP contribution in [-0.4, -0.2) is 36.9 Å². The van der Waals surface area contributed by atoms with E-state index in [1.165, 1.54) is 0 Å². The van der Waals surface area contributed by atoms with E-state index in [0.29, 0.717) is 22.3 Å². The van der Waals surface area contributed by atoms with Gasteiger partial charge in [0.25, 0.3) is 11.5 Å². The SMILES string of the molecule is Cc1ccc(C(=O)NC2CC2)cc1-c1cc2cnnc(-c3cn[nH]c3C)c2n(C)c1=O. The Kier molecular flexibility index (Phi) is 4.43. The Hall–Kier alpha value is -3.81. The van der Waals surface area contributed by atoms with Crippen LogP contribution in [0.25, 0.3) is 33.3 Å². The lowest BCUT2D eigenvalue weighted by Crippen LogP contribution is -2.25. The maximum Gasteiger partial charge on any atom is 0.258 e. The lowest BCUT2D eigenvalue weighted by Gasteiger charge is -2.14. The standard InChI is InChI=1S/C23H22N6O2/c1-12-4-5-14(22(30)26-16-6-7-16)8-17(12)18-9-15-10-24-28-20(19-11-25-27-13(19)2)21(15)29(3)23(18)31/h4-5,8-11,16H,6-7H2,1-3H3,(H,25,27)(H,26,30). The maximum atomic E-state index is 13.4. The summed E-state index contributed by atoms with van der Waals surface area (Å²) in [5, 5.41) is 19.2. The van der Waals surface area contributed by atoms with Crippen LogP contribution in [0, 0.1) is 13.8 Å². The van der Waals surface area contributed by atoms with Crippen molar-refractivity contribution >= 4 is 16.8 Å². The minimum atomic E-state index is -0.161. The number of aryl methyl sites for hydroxylation is 3. The van der Waals surface area contributed by atoms with Gasteiger partial charge >= 0.3 is 0 Å². The molecule has 0 radical (unpaired) electrons. The normalized spacial score (nSPS) is 13.5. The van der Waals surface area contributed by atoms with Gasteiger partial charge < -0.3 is 9.88 Å². The highest BCUT2D eigenvalue weighted by atomic mass is 16.1. The first-order valence-electron chi connectivity index (χ1n) is 10.2. The third kappa shape index (κ3) is 3.30. The lowest BCUT2D eigenvalue weighted by atomic mass is 9.97. The fourth-order valence-corrected chi connectivity index (χ4v) is 3.87. The molecular weight excluding hydrogens is 392 g/mol. The number of benzene rings is 1. The molecule has 4 aromatic rings. The Bertz CT molecular complexity index is 1400. The summed E-state index contributed by atoms with van der Waals surface area (Å²) in [6, 6.07) is 7.58. The second kappa shape index (κ2) is 7.16. The van der Waals surface area contributed by atoms with Crippen LogP contribution in [0.2, 0.25) is 0 Å². The lowest BCUT2D eigenvalue weighted by molar-refractivity contribution is 0.0951. The van der Waals surface area contributed by atoms with Crippen LogP contribution in [0.5, 0.6) is 0 Å². The topological polar surface area (TPSA) is 106 Å². The summed E-state index contributed by atoms with van der Waals surface area (Å²) < 4.78 is 1.59. The number of fused-ring (bicyclic) bond motifs is 1. The number of aromatic amines is 1. The molecule has 1 fully saturated rings. The highest BCUT2D eigenvalue weighted by Gasteiger charge is 2.24. The number of nitrogens with one attached hydrogen (secondary N) is 2. The quantitative estimate of drug-likeness (QED) is 0.534. The largest absolute Gasteiger partial charge is 0.349 e. The van der Waals surface area contributed by atoms with E-state index in [-0.39, 0.29) is 17.5 Å². The minimum Gasteiger partial charge on any atom is -0.349 e. The highest BCUT2D eigenvalue weighted by molar-refractivity contribution is 5.97. The van der Waals surface area contributed by atoms with Crippen LogP contribution in [-0.2, 0) is 7.05 Å². The van der Waals surface area contributed by atoms with E-state index >= 15 is 0 Å². The zero-order valence-corrected chi connectivity index (χ0v) is 17.6. The van der Waals surface area contributed by atoms with Crippen molar-refractivity contribution in [2.75, 3.05) is 0 Å². The van der Waals surface area contributed by atoms with Gasteiger partial charge in [0.2, 0.25) is 0 Å². The van der Waals surface area contributed by atoms with Gasteiger partial charge in [0.1, 0.15) is 5.69 Å². The third-order valence-electron chi connectivity index (χ3n) is 5.81. The molecule has 2 N–H and O–H groups in total. The number of hydrogen-bond donors (Lipinski definition) is 2. The van der Waals surface area contributed by atoms with Crippen molar-refractivity contribution in [2.45, 2.75) is 32.7 Å². The Balaban J connectivity index is 1.68. The summed E-state index contributed by atoms with van der Waals surface area (Å²) in [5.41, 5.74) is 5.52. The molecule has 3 heterocycles. The second-order valence-electron chi connectivity index (χ2n) is 8.11. The number of nitrogens with zero attached hydrogens (tertiary/aromatic N) is 4. The fraction of sp³-hybridized carbons (Fsp3) is 0.261. The van der Waals surface area contributed by atoms with Gasteiger partial charge in [-0.15, -0.1) is 5.10 Å². The van der Waals surface area contributed by atoms with E-state index in [1.807, 2.05) is 26.0 Å². The molecule has 156 valence electrons. The molecule has 8 heteroatoms. The maximum absolute atomic E-state index is 13.4. The molecule has 0 unspecified atom stereocenters. The van der Waals surface area contributed by atoms with Crippen molar-refractivity contribution in [1.29, 1.82) is 0 Å². The van der Waals surface area contributed by atoms with Crippen molar-refractivity contribution in [3.05, 3.63) is 63.8 Å². The van der Waals surface area contributed by atoms with Gasteiger partial charge in [0, 0.05) is 40.9 Å². The molecule has 0 bridgehead atoms. The third-order valence-corrected chi connectivity index (χ3v) is 5.81. The number of hydrogen-bond acceptors (Lipinski definition) is 5. The zero-order chi connectivity index (χ0) is 21.7. The van der Waals surface area contributed by atoms with Gasteiger partial charge in [0.05, 0.1) is 17.9 Å². The van der Waals surface area contributed by atoms with Crippen molar-refractivity contribution in [3.63, 3.8) is 0 Å². The fourth-order valence-electron chi connectivity index (χ4n) is 3.87. The Morgan fingerprint density at radius 2 is 1.94 bits per heavy atom. The minimum absolute atomic E-state index is 0.107. The van der Waals surface area contributed by atoms with Crippen LogP contribution in [0.3, 0.4) is 0 Å². The average molecular weight is 414 g/mol. The molecule has 31 heavy (non-hydrogen) atoms. The average Bonchev–Trinajstić information content (AvgIpc) is 3.47. The summed E-state index contributed by atoms with van der Waals surface area (Å²) in [6.45, 7) is 3.84. The predicted molar refractivity (Wildman–Crippen MR) is 118 cm³/mol. The van der Waals surface area contributed by atoms with Crippen LogP contribution in [0.15, 0.2) is 41.5 Å². The molecule has 1 saturated carbocycles. The summed E-state index contributed by atoms with van der Waals surface area (Å²) in [7, 11) is 1.73. The summed E-state index contributed by atoms with van der Waals surface area (Å²) >= 11 is 0. The predicted octanol–water partition coefficient (Wildman–Crippen LogP) is 2.89. The molecule has 1 aliphatic rings. The molecule has 0 aliphatic heterocycles. The smallest absolute Gasteiger partial charge is 0.258 e. The van der Waals surface area contributed by atoms with Gasteiger partial charge in [-0.2, -0.15) is 10.2 Å². The molecule has 1 aliphatic carbocycles. The molecule has 8 nitrogen and oxygen atoms in total. The van der Waals surface area contributed by atoms with E-state index in [0.717, 1.165) is 40.6 Å². The number of carbonyl (C=O) groups is 1. The summed E-state index contributed by atoms with van der Waals surface area (Å²) in [6.07, 6.45) is 5.38. The van der Waals surface area contributed by atoms with E-state index in [9.17, 15) is 9.59 Å². The number of pyridine rings is 1.